The molecule has 7 nitrogen and oxygen atoms in total. The van der Waals surface area contributed by atoms with Gasteiger partial charge in [-0.15, -0.1) is 0 Å². The first-order valence-corrected chi connectivity index (χ1v) is 18.9. The number of aliphatic hydroxyl groups excluding tert-OH is 2. The van der Waals surface area contributed by atoms with E-state index >= 15 is 0 Å². The molecule has 0 bridgehead atoms. The van der Waals surface area contributed by atoms with Crippen LogP contribution in [0.5, 0.6) is 0 Å². The van der Waals surface area contributed by atoms with Gasteiger partial charge in [0.15, 0.2) is 0 Å². The second-order valence-corrected chi connectivity index (χ2v) is 13.4. The maximum absolute atomic E-state index is 12.5. The van der Waals surface area contributed by atoms with E-state index in [1.54, 1.807) is 6.08 Å². The predicted molar refractivity (Wildman–Crippen MR) is 181 cm³/mol. The zero-order valence-corrected chi connectivity index (χ0v) is 28.3. The van der Waals surface area contributed by atoms with Crippen LogP contribution in [0, 0.1) is 0 Å². The third kappa shape index (κ3) is 29.0. The molecular weight excluding hydrogens is 562 g/mol. The van der Waals surface area contributed by atoms with E-state index in [9.17, 15) is 28.0 Å². The topological polar surface area (TPSA) is 124 Å². The van der Waals surface area contributed by atoms with Gasteiger partial charge in [0.2, 0.25) is 5.91 Å². The van der Waals surface area contributed by atoms with Crippen molar-refractivity contribution in [3.8, 4) is 0 Å². The number of nitrogens with one attached hydrogen (secondary N) is 1. The number of allylic oxidation sites excluding steroid dienone is 5. The Balaban J connectivity index is 4.21. The van der Waals surface area contributed by atoms with E-state index in [0.29, 0.717) is 12.8 Å². The second kappa shape index (κ2) is 29.2. The second-order valence-electron chi connectivity index (χ2n) is 11.9. The minimum atomic E-state index is -4.45. The minimum absolute atomic E-state index is 0.251. The van der Waals surface area contributed by atoms with Crippen LogP contribution in [0.3, 0.4) is 0 Å². The lowest BCUT2D eigenvalue weighted by Crippen LogP contribution is -2.50. The fourth-order valence-electron chi connectivity index (χ4n) is 4.92. The van der Waals surface area contributed by atoms with Gasteiger partial charge in [0.1, 0.15) is 6.10 Å². The smallest absolute Gasteiger partial charge is 0.267 e. The molecule has 0 aromatic carbocycles. The molecule has 0 aliphatic heterocycles. The van der Waals surface area contributed by atoms with Gasteiger partial charge in [-0.25, -0.2) is 0 Å². The molecule has 43 heavy (non-hydrogen) atoms. The summed E-state index contributed by atoms with van der Waals surface area (Å²) in [4.78, 5) is 12.5. The van der Waals surface area contributed by atoms with Crippen LogP contribution in [0.2, 0.25) is 0 Å². The van der Waals surface area contributed by atoms with E-state index in [-0.39, 0.29) is 6.42 Å². The Kier molecular flexibility index (Phi) is 28.2. The van der Waals surface area contributed by atoms with Crippen molar-refractivity contribution < 1.29 is 28.0 Å². The van der Waals surface area contributed by atoms with Gasteiger partial charge < -0.3 is 15.5 Å². The number of rotatable bonds is 30. The van der Waals surface area contributed by atoms with E-state index < -0.39 is 40.0 Å². The van der Waals surface area contributed by atoms with E-state index in [1.165, 1.54) is 89.5 Å². The number of aliphatic hydroxyl groups is 2. The molecule has 252 valence electrons. The summed E-state index contributed by atoms with van der Waals surface area (Å²) in [5.41, 5.74) is 0. The predicted octanol–water partition coefficient (Wildman–Crippen LogP) is 8.37. The molecule has 3 unspecified atom stereocenters. The Morgan fingerprint density at radius 2 is 1.07 bits per heavy atom. The Hall–Kier alpha value is -1.48. The van der Waals surface area contributed by atoms with E-state index in [2.05, 4.69) is 43.5 Å². The number of hydrogen-bond acceptors (Lipinski definition) is 5. The van der Waals surface area contributed by atoms with Crippen molar-refractivity contribution in [3.05, 3.63) is 36.5 Å². The van der Waals surface area contributed by atoms with Crippen molar-refractivity contribution in [2.75, 3.05) is 5.75 Å². The van der Waals surface area contributed by atoms with E-state index in [4.69, 9.17) is 0 Å². The van der Waals surface area contributed by atoms with Crippen LogP contribution >= 0.6 is 0 Å². The summed E-state index contributed by atoms with van der Waals surface area (Å²) in [5, 5.41) is 23.1. The molecule has 0 heterocycles. The number of unbranched alkanes of at least 4 members (excludes halogenated alkanes) is 17. The molecule has 1 amide bonds. The molecular formula is C35H65NO6S. The first-order chi connectivity index (χ1) is 20.7. The SMILES string of the molecule is CCCC/C=C\CCCCCC(O)C(=O)NC(CS(=O)(=O)O)C(O)/C=C/CC/C=C/CCCCCCCCCCCCC. The Morgan fingerprint density at radius 1 is 0.628 bits per heavy atom. The normalized spacial score (nSPS) is 14.6. The van der Waals surface area contributed by atoms with Crippen LogP contribution in [-0.2, 0) is 14.9 Å². The van der Waals surface area contributed by atoms with Crippen molar-refractivity contribution in [2.24, 2.45) is 0 Å². The van der Waals surface area contributed by atoms with Gasteiger partial charge >= 0.3 is 0 Å². The highest BCUT2D eigenvalue weighted by Crippen LogP contribution is 2.13. The van der Waals surface area contributed by atoms with Crippen molar-refractivity contribution in [2.45, 2.75) is 173 Å². The molecule has 0 spiro atoms. The molecule has 8 heteroatoms. The third-order valence-electron chi connectivity index (χ3n) is 7.65. The Bertz CT molecular complexity index is 839. The lowest BCUT2D eigenvalue weighted by atomic mass is 10.1. The Morgan fingerprint density at radius 3 is 1.60 bits per heavy atom. The maximum Gasteiger partial charge on any atom is 0.267 e. The van der Waals surface area contributed by atoms with Crippen LogP contribution in [0.15, 0.2) is 36.5 Å². The van der Waals surface area contributed by atoms with E-state index in [0.717, 1.165) is 38.5 Å². The minimum Gasteiger partial charge on any atom is -0.387 e. The number of carbonyl (C=O) groups is 1. The molecule has 0 saturated carbocycles. The molecule has 0 saturated heterocycles. The van der Waals surface area contributed by atoms with Gasteiger partial charge in [-0.1, -0.05) is 140 Å². The van der Waals surface area contributed by atoms with Crippen molar-refractivity contribution >= 4 is 16.0 Å². The number of hydrogen-bond donors (Lipinski definition) is 4. The van der Waals surface area contributed by atoms with Gasteiger partial charge in [0.05, 0.1) is 17.9 Å². The fraction of sp³-hybridized carbons (Fsp3) is 0.800. The zero-order chi connectivity index (χ0) is 32.0. The average molecular weight is 628 g/mol. The van der Waals surface area contributed by atoms with Crippen LogP contribution < -0.4 is 5.32 Å². The largest absolute Gasteiger partial charge is 0.387 e. The standard InChI is InChI=1S/C35H65NO6S/c1-3-5-7-9-11-13-14-15-16-17-18-19-20-22-23-25-27-29-33(37)32(31-43(40,41)42)36-35(39)34(38)30-28-26-24-21-12-10-8-6-4-2/h10,12,20,22,27,29,32-34,37-38H,3-9,11,13-19,21,23-26,28,30-31H2,1-2H3,(H,36,39)(H,40,41,42)/b12-10-,22-20+,29-27+. The molecule has 0 aromatic rings. The molecule has 0 aliphatic rings. The lowest BCUT2D eigenvalue weighted by molar-refractivity contribution is -0.130. The van der Waals surface area contributed by atoms with Gasteiger partial charge in [0, 0.05) is 0 Å². The van der Waals surface area contributed by atoms with Gasteiger partial charge in [-0.2, -0.15) is 8.42 Å². The number of amides is 1. The van der Waals surface area contributed by atoms with Crippen LogP contribution in [-0.4, -0.2) is 53.1 Å². The molecule has 3 atom stereocenters. The molecule has 0 aromatic heterocycles. The van der Waals surface area contributed by atoms with Crippen LogP contribution in [0.4, 0.5) is 0 Å². The third-order valence-corrected chi connectivity index (χ3v) is 8.43. The summed E-state index contributed by atoms with van der Waals surface area (Å²) in [6.07, 6.45) is 33.6. The highest BCUT2D eigenvalue weighted by Gasteiger charge is 2.27. The number of carbonyl (C=O) groups excluding carboxylic acids is 1. The lowest BCUT2D eigenvalue weighted by Gasteiger charge is -2.22. The Labute approximate surface area is 264 Å². The summed E-state index contributed by atoms with van der Waals surface area (Å²) in [6.45, 7) is 4.42. The fourth-order valence-corrected chi connectivity index (χ4v) is 5.66. The van der Waals surface area contributed by atoms with Gasteiger partial charge in [-0.3, -0.25) is 9.35 Å². The van der Waals surface area contributed by atoms with Crippen LogP contribution in [0.1, 0.15) is 155 Å². The summed E-state index contributed by atoms with van der Waals surface area (Å²) < 4.78 is 32.3. The molecule has 0 fully saturated rings. The molecule has 0 rings (SSSR count). The van der Waals surface area contributed by atoms with Gasteiger partial charge in [-0.05, 0) is 51.4 Å². The summed E-state index contributed by atoms with van der Waals surface area (Å²) >= 11 is 0. The van der Waals surface area contributed by atoms with Crippen molar-refractivity contribution in [1.82, 2.24) is 5.32 Å². The first kappa shape index (κ1) is 41.5. The quantitative estimate of drug-likeness (QED) is 0.0360. The summed E-state index contributed by atoms with van der Waals surface area (Å²) in [7, 11) is -4.45. The zero-order valence-electron chi connectivity index (χ0n) is 27.4. The van der Waals surface area contributed by atoms with Crippen molar-refractivity contribution in [1.29, 1.82) is 0 Å². The molecule has 0 aliphatic carbocycles. The first-order valence-electron chi connectivity index (χ1n) is 17.3. The van der Waals surface area contributed by atoms with Crippen molar-refractivity contribution in [3.63, 3.8) is 0 Å². The maximum atomic E-state index is 12.5. The summed E-state index contributed by atoms with van der Waals surface area (Å²) in [5.74, 6) is -1.58. The van der Waals surface area contributed by atoms with Crippen LogP contribution in [0.25, 0.3) is 0 Å². The van der Waals surface area contributed by atoms with E-state index in [1.807, 2.05) is 0 Å². The summed E-state index contributed by atoms with van der Waals surface area (Å²) in [6, 6.07) is -1.25. The van der Waals surface area contributed by atoms with Gasteiger partial charge in [0.25, 0.3) is 10.1 Å². The monoisotopic (exact) mass is 627 g/mol. The molecule has 4 N–H and O–H groups in total. The molecule has 0 radical (unpaired) electrons. The highest BCUT2D eigenvalue weighted by atomic mass is 32.2. The highest BCUT2D eigenvalue weighted by molar-refractivity contribution is 7.85. The average Bonchev–Trinajstić information content (AvgIpc) is 2.96.